The molecule has 0 bridgehead atoms. The van der Waals surface area contributed by atoms with Gasteiger partial charge in [-0.3, -0.25) is 0 Å². The van der Waals surface area contributed by atoms with Crippen molar-refractivity contribution in [3.05, 3.63) is 0 Å². The minimum absolute atomic E-state index is 0.363. The molecule has 0 aromatic carbocycles. The van der Waals surface area contributed by atoms with E-state index in [0.29, 0.717) is 0 Å². The lowest BCUT2D eigenvalue weighted by molar-refractivity contribution is 0.217. The summed E-state index contributed by atoms with van der Waals surface area (Å²) in [7, 11) is 1.70. The number of carbonyl (C=O) groups excluding carboxylic acids is 1. The van der Waals surface area contributed by atoms with Gasteiger partial charge in [-0.25, -0.2) is 4.79 Å². The van der Waals surface area contributed by atoms with Crippen molar-refractivity contribution in [1.29, 1.82) is 0 Å². The van der Waals surface area contributed by atoms with Crippen LogP contribution >= 0.6 is 0 Å². The molecular formula is C7H17N3O. The normalized spacial score (nSPS) is 9.64. The molecule has 0 spiro atoms. The van der Waals surface area contributed by atoms with Crippen molar-refractivity contribution >= 4 is 6.03 Å². The second-order valence-corrected chi connectivity index (χ2v) is 2.61. The van der Waals surface area contributed by atoms with Gasteiger partial charge < -0.3 is 16.4 Å². The molecule has 11 heavy (non-hydrogen) atoms. The smallest absolute Gasteiger partial charge is 0.314 e. The average Bonchev–Trinajstić information content (AvgIpc) is 1.97. The summed E-state index contributed by atoms with van der Waals surface area (Å²) in [6.45, 7) is 1.45. The summed E-state index contributed by atoms with van der Waals surface area (Å²) >= 11 is 0. The highest BCUT2D eigenvalue weighted by Crippen LogP contribution is 1.95. The Hall–Kier alpha value is -0.770. The molecule has 4 nitrogen and oxygen atoms in total. The van der Waals surface area contributed by atoms with Crippen molar-refractivity contribution in [2.45, 2.75) is 19.3 Å². The van der Waals surface area contributed by atoms with E-state index < -0.39 is 0 Å². The number of nitrogens with zero attached hydrogens (tertiary/aromatic N) is 1. The molecule has 0 heterocycles. The number of hydrogen-bond donors (Lipinski definition) is 2. The molecule has 0 aliphatic rings. The van der Waals surface area contributed by atoms with Crippen LogP contribution in [0.5, 0.6) is 0 Å². The zero-order valence-corrected chi connectivity index (χ0v) is 7.05. The van der Waals surface area contributed by atoms with Gasteiger partial charge in [0.2, 0.25) is 0 Å². The maximum atomic E-state index is 10.5. The van der Waals surface area contributed by atoms with Crippen LogP contribution in [0.3, 0.4) is 0 Å². The topological polar surface area (TPSA) is 72.3 Å². The van der Waals surface area contributed by atoms with Gasteiger partial charge in [0.05, 0.1) is 0 Å². The van der Waals surface area contributed by atoms with Crippen LogP contribution < -0.4 is 11.5 Å². The summed E-state index contributed by atoms with van der Waals surface area (Å²) < 4.78 is 0. The van der Waals surface area contributed by atoms with E-state index in [1.807, 2.05) is 0 Å². The van der Waals surface area contributed by atoms with Crippen molar-refractivity contribution in [3.8, 4) is 0 Å². The third-order valence-corrected chi connectivity index (χ3v) is 1.57. The number of primary amides is 1. The fourth-order valence-corrected chi connectivity index (χ4v) is 0.780. The van der Waals surface area contributed by atoms with E-state index in [4.69, 9.17) is 11.5 Å². The van der Waals surface area contributed by atoms with Gasteiger partial charge in [0, 0.05) is 13.6 Å². The maximum Gasteiger partial charge on any atom is 0.314 e. The summed E-state index contributed by atoms with van der Waals surface area (Å²) in [4.78, 5) is 12.0. The molecule has 66 valence electrons. The lowest BCUT2D eigenvalue weighted by Crippen LogP contribution is -2.32. The van der Waals surface area contributed by atoms with Crippen LogP contribution in [0.4, 0.5) is 4.79 Å². The second-order valence-electron chi connectivity index (χ2n) is 2.61. The van der Waals surface area contributed by atoms with E-state index in [2.05, 4.69) is 0 Å². The summed E-state index contributed by atoms with van der Waals surface area (Å²) in [5, 5.41) is 0. The van der Waals surface area contributed by atoms with Crippen LogP contribution in [0, 0.1) is 0 Å². The number of urea groups is 1. The molecule has 4 N–H and O–H groups in total. The summed E-state index contributed by atoms with van der Waals surface area (Å²) in [5.41, 5.74) is 10.3. The van der Waals surface area contributed by atoms with Crippen LogP contribution in [0.15, 0.2) is 0 Å². The van der Waals surface area contributed by atoms with Crippen LogP contribution in [-0.4, -0.2) is 31.1 Å². The number of carbonyl (C=O) groups is 1. The first kappa shape index (κ1) is 10.2. The second kappa shape index (κ2) is 5.97. The van der Waals surface area contributed by atoms with Gasteiger partial charge in [0.25, 0.3) is 0 Å². The van der Waals surface area contributed by atoms with Gasteiger partial charge in [0.1, 0.15) is 0 Å². The van der Waals surface area contributed by atoms with Gasteiger partial charge in [-0.05, 0) is 19.4 Å². The standard InChI is InChI=1S/C7H17N3O/c1-10(7(9)11)6-4-2-3-5-8/h2-6,8H2,1H3,(H2,9,11). The Morgan fingerprint density at radius 2 is 2.00 bits per heavy atom. The zero-order valence-electron chi connectivity index (χ0n) is 7.05. The largest absolute Gasteiger partial charge is 0.351 e. The summed E-state index contributed by atoms with van der Waals surface area (Å²) in [5.74, 6) is 0. The van der Waals surface area contributed by atoms with Crippen molar-refractivity contribution in [1.82, 2.24) is 4.90 Å². The van der Waals surface area contributed by atoms with E-state index in [1.54, 1.807) is 7.05 Å². The summed E-state index contributed by atoms with van der Waals surface area (Å²) in [6, 6.07) is -0.363. The van der Waals surface area contributed by atoms with Crippen molar-refractivity contribution in [3.63, 3.8) is 0 Å². The van der Waals surface area contributed by atoms with Gasteiger partial charge >= 0.3 is 6.03 Å². The van der Waals surface area contributed by atoms with E-state index in [1.165, 1.54) is 4.90 Å². The Morgan fingerprint density at radius 3 is 2.45 bits per heavy atom. The fourth-order valence-electron chi connectivity index (χ4n) is 0.780. The Labute approximate surface area is 67.5 Å². The Kier molecular flexibility index (Phi) is 5.56. The molecule has 0 rings (SSSR count). The predicted octanol–water partition coefficient (Wildman–Crippen LogP) is 0.126. The molecule has 0 saturated heterocycles. The quantitative estimate of drug-likeness (QED) is 0.559. The predicted molar refractivity (Wildman–Crippen MR) is 45.1 cm³/mol. The fraction of sp³-hybridized carbons (Fsp3) is 0.857. The molecule has 0 aromatic heterocycles. The SMILES string of the molecule is CN(CCCCCN)C(N)=O. The molecule has 0 aliphatic heterocycles. The number of unbranched alkanes of at least 4 members (excludes halogenated alkanes) is 2. The number of nitrogens with two attached hydrogens (primary N) is 2. The van der Waals surface area contributed by atoms with Crippen LogP contribution in [-0.2, 0) is 0 Å². The molecule has 0 atom stereocenters. The van der Waals surface area contributed by atoms with Gasteiger partial charge in [0.15, 0.2) is 0 Å². The first-order valence-electron chi connectivity index (χ1n) is 3.89. The molecule has 0 aliphatic carbocycles. The monoisotopic (exact) mass is 159 g/mol. The first-order chi connectivity index (χ1) is 5.18. The molecule has 0 unspecified atom stereocenters. The van der Waals surface area contributed by atoms with Crippen LogP contribution in [0.2, 0.25) is 0 Å². The average molecular weight is 159 g/mol. The van der Waals surface area contributed by atoms with Gasteiger partial charge in [-0.1, -0.05) is 6.42 Å². The molecule has 0 aromatic rings. The molecule has 0 fully saturated rings. The molecule has 0 radical (unpaired) electrons. The Bertz CT molecular complexity index is 116. The third kappa shape index (κ3) is 5.66. The third-order valence-electron chi connectivity index (χ3n) is 1.57. The maximum absolute atomic E-state index is 10.5. The number of rotatable bonds is 5. The highest BCUT2D eigenvalue weighted by Gasteiger charge is 2.00. The minimum atomic E-state index is -0.363. The Morgan fingerprint density at radius 1 is 1.36 bits per heavy atom. The van der Waals surface area contributed by atoms with Crippen LogP contribution in [0.1, 0.15) is 19.3 Å². The van der Waals surface area contributed by atoms with E-state index >= 15 is 0 Å². The highest BCUT2D eigenvalue weighted by atomic mass is 16.2. The lowest BCUT2D eigenvalue weighted by atomic mass is 10.2. The molecular weight excluding hydrogens is 142 g/mol. The number of amides is 2. The Balaban J connectivity index is 3.17. The van der Waals surface area contributed by atoms with Crippen molar-refractivity contribution in [2.24, 2.45) is 11.5 Å². The minimum Gasteiger partial charge on any atom is -0.351 e. The van der Waals surface area contributed by atoms with Gasteiger partial charge in [-0.2, -0.15) is 0 Å². The molecule has 2 amide bonds. The highest BCUT2D eigenvalue weighted by molar-refractivity contribution is 5.71. The van der Waals surface area contributed by atoms with E-state index in [9.17, 15) is 4.79 Å². The molecule has 0 saturated carbocycles. The van der Waals surface area contributed by atoms with Crippen LogP contribution in [0.25, 0.3) is 0 Å². The lowest BCUT2D eigenvalue weighted by Gasteiger charge is -2.12. The zero-order chi connectivity index (χ0) is 8.69. The van der Waals surface area contributed by atoms with E-state index in [0.717, 1.165) is 32.4 Å². The molecule has 4 heteroatoms. The van der Waals surface area contributed by atoms with Gasteiger partial charge in [-0.15, -0.1) is 0 Å². The summed E-state index contributed by atoms with van der Waals surface area (Å²) in [6.07, 6.45) is 3.07. The van der Waals surface area contributed by atoms with Crippen molar-refractivity contribution < 1.29 is 4.79 Å². The van der Waals surface area contributed by atoms with E-state index in [-0.39, 0.29) is 6.03 Å². The number of hydrogen-bond acceptors (Lipinski definition) is 2. The first-order valence-corrected chi connectivity index (χ1v) is 3.89. The van der Waals surface area contributed by atoms with Crippen molar-refractivity contribution in [2.75, 3.05) is 20.1 Å².